The molecular weight excluding hydrogens is 880 g/mol. The Morgan fingerprint density at radius 1 is 0.558 bits per heavy atom. The van der Waals surface area contributed by atoms with Crippen molar-refractivity contribution in [2.45, 2.75) is 75.0 Å². The van der Waals surface area contributed by atoms with E-state index in [4.69, 9.17) is 0 Å². The molecule has 4 aromatic carbocycles. The zero-order valence-corrected chi connectivity index (χ0v) is 34.7. The normalized spacial score (nSPS) is 18.3. The van der Waals surface area contributed by atoms with Gasteiger partial charge in [-0.25, -0.2) is 0 Å². The summed E-state index contributed by atoms with van der Waals surface area (Å²) in [5, 5.41) is 0. The van der Waals surface area contributed by atoms with Crippen LogP contribution in [0.15, 0.2) is 96.1 Å². The predicted molar refractivity (Wildman–Crippen MR) is 188 cm³/mol. The van der Waals surface area contributed by atoms with Crippen LogP contribution in [0, 0.1) is 11.8 Å². The van der Waals surface area contributed by atoms with Crippen LogP contribution in [0.2, 0.25) is 8.35 Å². The van der Waals surface area contributed by atoms with Gasteiger partial charge in [0.2, 0.25) is 0 Å². The third-order valence-electron chi connectivity index (χ3n) is 11.1. The van der Waals surface area contributed by atoms with Gasteiger partial charge in [0.1, 0.15) is 0 Å². The molecule has 0 spiro atoms. The van der Waals surface area contributed by atoms with E-state index in [-0.39, 0.29) is 24.8 Å². The minimum Gasteiger partial charge on any atom is -1.00 e. The van der Waals surface area contributed by atoms with Crippen LogP contribution < -0.4 is 24.8 Å². The molecule has 0 amide bonds. The standard InChI is InChI=1S/2C20H18F3.C3H6.2ClH.Hf/c2*1-13(2)10-14-11-16-4-3-5-18(19(16)12-14)15-6-8-17(9-7-15)20(21,22)23;1-3-2;;;/h2*3-9,11-13H,10H2,1-2H3;1-3H2;2*1H;/q;;;;;+2/p-2. The van der Waals surface area contributed by atoms with Crippen molar-refractivity contribution in [2.75, 3.05) is 0 Å². The van der Waals surface area contributed by atoms with Crippen molar-refractivity contribution < 1.29 is 71.1 Å². The van der Waals surface area contributed by atoms with Gasteiger partial charge in [0, 0.05) is 0 Å². The molecule has 274 valence electrons. The molecule has 1 fully saturated rings. The van der Waals surface area contributed by atoms with Crippen molar-refractivity contribution in [3.63, 3.8) is 0 Å². The Morgan fingerprint density at radius 3 is 1.21 bits per heavy atom. The zero-order chi connectivity index (χ0) is 35.6. The van der Waals surface area contributed by atoms with Gasteiger partial charge in [0.15, 0.2) is 0 Å². The largest absolute Gasteiger partial charge is 1.00 e. The maximum absolute atomic E-state index is 13.4. The van der Waals surface area contributed by atoms with Gasteiger partial charge < -0.3 is 24.8 Å². The first-order chi connectivity index (χ1) is 23.7. The number of allylic oxidation sites excluding steroid dienone is 2. The molecule has 1 aliphatic heterocycles. The topological polar surface area (TPSA) is 0 Å². The first-order valence-corrected chi connectivity index (χ1v) is 26.9. The van der Waals surface area contributed by atoms with Gasteiger partial charge in [-0.2, -0.15) is 0 Å². The molecule has 0 aromatic heterocycles. The van der Waals surface area contributed by atoms with E-state index in [1.54, 1.807) is 24.3 Å². The first-order valence-electron chi connectivity index (χ1n) is 17.7. The summed E-state index contributed by atoms with van der Waals surface area (Å²) in [5.74, 6) is 0.900. The molecule has 2 atom stereocenters. The summed E-state index contributed by atoms with van der Waals surface area (Å²) in [5.41, 5.74) is 10.2. The van der Waals surface area contributed by atoms with Crippen LogP contribution in [-0.4, -0.2) is 0 Å². The van der Waals surface area contributed by atoms with Crippen molar-refractivity contribution in [1.82, 2.24) is 0 Å². The van der Waals surface area contributed by atoms with E-state index in [2.05, 4.69) is 64.1 Å². The maximum Gasteiger partial charge on any atom is -1.00 e. The summed E-state index contributed by atoms with van der Waals surface area (Å²) in [7, 11) is 0. The van der Waals surface area contributed by atoms with Gasteiger partial charge in [-0.05, 0) is 0 Å². The third-order valence-corrected chi connectivity index (χ3v) is 33.5. The van der Waals surface area contributed by atoms with Crippen molar-refractivity contribution in [2.24, 2.45) is 11.8 Å². The van der Waals surface area contributed by atoms with Gasteiger partial charge in [-0.15, -0.1) is 0 Å². The zero-order valence-electron chi connectivity index (χ0n) is 29.6. The monoisotopic (exact) mass is 922 g/mol. The number of hydrogen-bond donors (Lipinski definition) is 0. The Balaban J connectivity index is 0.00000261. The average Bonchev–Trinajstić information content (AvgIpc) is 3.57. The first kappa shape index (κ1) is 40.6. The molecule has 1 saturated heterocycles. The van der Waals surface area contributed by atoms with E-state index < -0.39 is 43.4 Å². The fourth-order valence-electron chi connectivity index (χ4n) is 9.09. The number of alkyl halides is 6. The van der Waals surface area contributed by atoms with Gasteiger partial charge in [-0.3, -0.25) is 0 Å². The third kappa shape index (κ3) is 7.40. The van der Waals surface area contributed by atoms with Crippen LogP contribution in [0.4, 0.5) is 26.3 Å². The molecule has 0 nitrogen and oxygen atoms in total. The molecule has 3 aliphatic rings. The molecule has 1 heterocycles. The molecule has 52 heavy (non-hydrogen) atoms. The van der Waals surface area contributed by atoms with Crippen LogP contribution in [0.1, 0.15) is 87.7 Å². The molecule has 2 unspecified atom stereocenters. The molecule has 2 aliphatic carbocycles. The Kier molecular flexibility index (Phi) is 11.9. The predicted octanol–water partition coefficient (Wildman–Crippen LogP) is 8.13. The van der Waals surface area contributed by atoms with Crippen LogP contribution >= 0.6 is 0 Å². The Morgan fingerprint density at radius 2 is 0.923 bits per heavy atom. The summed E-state index contributed by atoms with van der Waals surface area (Å²) in [4.78, 5) is 0. The van der Waals surface area contributed by atoms with Crippen molar-refractivity contribution >= 4 is 12.2 Å². The Labute approximate surface area is 320 Å². The number of rotatable bonds is 8. The Hall–Kier alpha value is -2.61. The van der Waals surface area contributed by atoms with E-state index in [1.807, 2.05) is 12.1 Å². The van der Waals surface area contributed by atoms with Gasteiger partial charge in [0.25, 0.3) is 0 Å². The minimum atomic E-state index is -4.39. The molecular formula is C43H42Cl2F6Hf. The average molecular weight is 922 g/mol. The van der Waals surface area contributed by atoms with Crippen molar-refractivity contribution in [3.05, 3.63) is 129 Å². The molecule has 0 radical (unpaired) electrons. The second-order valence-corrected chi connectivity index (χ2v) is 32.0. The second kappa shape index (κ2) is 15.3. The summed E-state index contributed by atoms with van der Waals surface area (Å²) < 4.78 is 83.9. The van der Waals surface area contributed by atoms with E-state index in [0.717, 1.165) is 46.2 Å². The number of benzene rings is 4. The SMILES string of the molecule is CC(C)CC1=Cc2c(-c3ccc(C(F)(F)F)cc3)cccc2[CH]1[Hf+2]1([CH]2C(CC(C)C)=Cc3c(-c4ccc(C(F)(F)F)cc4)cccc32)[CH2]C[CH2]1.[Cl-].[Cl-]. The fourth-order valence-corrected chi connectivity index (χ4v) is 31.7. The minimum absolute atomic E-state index is 0. The fraction of sp³-hybridized carbons (Fsp3) is 0.349. The van der Waals surface area contributed by atoms with Gasteiger partial charge >= 0.3 is 297 Å². The molecule has 0 N–H and O–H groups in total. The number of fused-ring (bicyclic) bond motifs is 2. The van der Waals surface area contributed by atoms with E-state index in [0.29, 0.717) is 19.2 Å². The molecule has 9 heteroatoms. The van der Waals surface area contributed by atoms with Crippen LogP contribution in [0.5, 0.6) is 0 Å². The van der Waals surface area contributed by atoms with Crippen LogP contribution in [-0.2, 0) is 32.3 Å². The number of halogens is 8. The van der Waals surface area contributed by atoms with E-state index in [9.17, 15) is 26.3 Å². The molecule has 4 aromatic rings. The summed E-state index contributed by atoms with van der Waals surface area (Å²) >= 11 is -3.44. The molecule has 0 bridgehead atoms. The van der Waals surface area contributed by atoms with Gasteiger partial charge in [0.05, 0.1) is 0 Å². The summed E-state index contributed by atoms with van der Waals surface area (Å²) in [6.07, 6.45) is -0.850. The van der Waals surface area contributed by atoms with Crippen LogP contribution in [0.3, 0.4) is 0 Å². The molecule has 0 saturated carbocycles. The molecule has 7 rings (SSSR count). The smallest absolute Gasteiger partial charge is 1.00 e. The maximum atomic E-state index is 13.4. The number of hydrogen-bond acceptors (Lipinski definition) is 0. The second-order valence-electron chi connectivity index (χ2n) is 15.4. The Bertz CT molecular complexity index is 1830. The van der Waals surface area contributed by atoms with Crippen LogP contribution in [0.25, 0.3) is 34.4 Å². The van der Waals surface area contributed by atoms with Crippen molar-refractivity contribution in [1.29, 1.82) is 0 Å². The quantitative estimate of drug-likeness (QED) is 0.124. The van der Waals surface area contributed by atoms with E-state index in [1.165, 1.54) is 61.3 Å². The van der Waals surface area contributed by atoms with Gasteiger partial charge in [-0.1, -0.05) is 0 Å². The van der Waals surface area contributed by atoms with Crippen molar-refractivity contribution in [3.8, 4) is 22.3 Å². The van der Waals surface area contributed by atoms with E-state index >= 15 is 0 Å². The summed E-state index contributed by atoms with van der Waals surface area (Å²) in [6, 6.07) is 23.9. The summed E-state index contributed by atoms with van der Waals surface area (Å²) in [6.45, 7) is 9.03.